The zero-order valence-corrected chi connectivity index (χ0v) is 26.2. The molecule has 9 N–H and O–H groups in total. The van der Waals surface area contributed by atoms with Gasteiger partial charge in [0.1, 0.15) is 17.9 Å². The molecule has 0 aliphatic carbocycles. The first-order valence-electron chi connectivity index (χ1n) is 15.1. The Morgan fingerprint density at radius 3 is 2.55 bits per heavy atom. The molecule has 0 radical (unpaired) electrons. The molecule has 1 aliphatic heterocycles. The molecule has 0 bridgehead atoms. The summed E-state index contributed by atoms with van der Waals surface area (Å²) in [5, 5.41) is 8.38. The molecule has 3 rings (SSSR count). The van der Waals surface area contributed by atoms with Crippen LogP contribution in [0.5, 0.6) is 0 Å². The topological polar surface area (TPSA) is 225 Å². The molecule has 2 heterocycles. The van der Waals surface area contributed by atoms with Gasteiger partial charge in [-0.2, -0.15) is 0 Å². The van der Waals surface area contributed by atoms with Crippen molar-refractivity contribution in [1.29, 1.82) is 0 Å². The van der Waals surface area contributed by atoms with Gasteiger partial charge in [0.05, 0.1) is 22.3 Å². The van der Waals surface area contributed by atoms with E-state index >= 15 is 0 Å². The van der Waals surface area contributed by atoms with Gasteiger partial charge >= 0.3 is 0 Å². The molecular formula is C30H44N8O5S. The van der Waals surface area contributed by atoms with Crippen LogP contribution in [0.3, 0.4) is 0 Å². The van der Waals surface area contributed by atoms with Gasteiger partial charge in [0.2, 0.25) is 23.5 Å². The highest BCUT2D eigenvalue weighted by Gasteiger charge is 2.33. The predicted octanol–water partition coefficient (Wildman–Crippen LogP) is 1.28. The molecule has 1 aromatic carbocycles. The molecule has 3 amide bonds. The van der Waals surface area contributed by atoms with E-state index in [1.807, 2.05) is 32.0 Å². The van der Waals surface area contributed by atoms with Crippen molar-refractivity contribution >= 4 is 56.8 Å². The van der Waals surface area contributed by atoms with Crippen LogP contribution >= 0.6 is 11.3 Å². The minimum atomic E-state index is -1.26. The Hall–Kier alpha value is -3.91. The number of ketones is 2. The second kappa shape index (κ2) is 16.8. The first-order valence-corrected chi connectivity index (χ1v) is 15.9. The smallest absolute Gasteiger partial charge is 0.243 e. The third-order valence-electron chi connectivity index (χ3n) is 7.30. The molecule has 13 nitrogen and oxygen atoms in total. The van der Waals surface area contributed by atoms with Crippen LogP contribution in [0.4, 0.5) is 0 Å². The van der Waals surface area contributed by atoms with Gasteiger partial charge in [-0.05, 0) is 50.2 Å². The first kappa shape index (κ1) is 34.6. The standard InChI is InChI=1S/C30H44N8O5S/c1-17(2)15-22-27(42)37-23(16-18(39)9-4-3-5-10-19(31)26(41)36-22)28(43)35-21(12-8-14-34-30(32)33)25(40)29-38-20-11-6-7-13-24(20)44-29/h6-7,11,13,17,19,21-23H,3-5,8-10,12,14-16,31H2,1-2H3,(H,35,43)(H,36,41)(H,37,42)(H4,32,33,34)/t19-,21-,22-,23-/m0/s1. The van der Waals surface area contributed by atoms with E-state index in [0.717, 1.165) is 4.70 Å². The normalized spacial score (nSPS) is 21.2. The number of carbonyl (C=O) groups is 5. The highest BCUT2D eigenvalue weighted by atomic mass is 32.1. The summed E-state index contributed by atoms with van der Waals surface area (Å²) in [6.45, 7) is 4.04. The number of Topliss-reactive ketones (excluding diaryl/α,β-unsaturated/α-hetero) is 2. The van der Waals surface area contributed by atoms with E-state index in [0.29, 0.717) is 44.0 Å². The number of aliphatic imine (C=N–C) groups is 1. The third-order valence-corrected chi connectivity index (χ3v) is 8.35. The number of carbonyl (C=O) groups excluding carboxylic acids is 5. The summed E-state index contributed by atoms with van der Waals surface area (Å²) in [6.07, 6.45) is 3.17. The number of amides is 3. The minimum Gasteiger partial charge on any atom is -0.370 e. The number of benzene rings is 1. The number of para-hydroxylation sites is 1. The van der Waals surface area contributed by atoms with Crippen LogP contribution in [-0.4, -0.2) is 70.9 Å². The van der Waals surface area contributed by atoms with Crippen LogP contribution in [0.15, 0.2) is 29.3 Å². The molecule has 1 fully saturated rings. The number of nitrogens with two attached hydrogens (primary N) is 3. The molecule has 240 valence electrons. The summed E-state index contributed by atoms with van der Waals surface area (Å²) in [4.78, 5) is 74.9. The maximum absolute atomic E-state index is 13.7. The summed E-state index contributed by atoms with van der Waals surface area (Å²) < 4.78 is 0.822. The molecule has 0 unspecified atom stereocenters. The number of guanidine groups is 1. The monoisotopic (exact) mass is 628 g/mol. The van der Waals surface area contributed by atoms with Crippen molar-refractivity contribution in [2.45, 2.75) is 95.8 Å². The number of nitrogens with zero attached hydrogens (tertiary/aromatic N) is 2. The van der Waals surface area contributed by atoms with E-state index in [4.69, 9.17) is 17.2 Å². The number of aromatic nitrogens is 1. The molecule has 4 atom stereocenters. The Morgan fingerprint density at radius 1 is 1.09 bits per heavy atom. The lowest BCUT2D eigenvalue weighted by atomic mass is 9.98. The zero-order chi connectivity index (χ0) is 32.2. The van der Waals surface area contributed by atoms with Crippen molar-refractivity contribution in [3.8, 4) is 0 Å². The largest absolute Gasteiger partial charge is 0.370 e. The second-order valence-electron chi connectivity index (χ2n) is 11.6. The van der Waals surface area contributed by atoms with Crippen LogP contribution in [0.2, 0.25) is 0 Å². The van der Waals surface area contributed by atoms with Crippen molar-refractivity contribution in [3.05, 3.63) is 29.3 Å². The van der Waals surface area contributed by atoms with Crippen LogP contribution in [0.1, 0.15) is 81.4 Å². The van der Waals surface area contributed by atoms with Crippen molar-refractivity contribution in [2.75, 3.05) is 6.54 Å². The fraction of sp³-hybridized carbons (Fsp3) is 0.567. The average Bonchev–Trinajstić information content (AvgIpc) is 3.40. The Morgan fingerprint density at radius 2 is 1.84 bits per heavy atom. The van der Waals surface area contributed by atoms with E-state index in [9.17, 15) is 24.0 Å². The van der Waals surface area contributed by atoms with E-state index in [2.05, 4.69) is 25.9 Å². The fourth-order valence-corrected chi connectivity index (χ4v) is 5.92. The number of fused-ring (bicyclic) bond motifs is 1. The lowest BCUT2D eigenvalue weighted by Crippen LogP contribution is -2.57. The molecule has 14 heteroatoms. The van der Waals surface area contributed by atoms with Crippen LogP contribution in [-0.2, 0) is 19.2 Å². The minimum absolute atomic E-state index is 0.0381. The van der Waals surface area contributed by atoms with Gasteiger partial charge in [-0.3, -0.25) is 29.0 Å². The van der Waals surface area contributed by atoms with Gasteiger partial charge in [0.25, 0.3) is 0 Å². The lowest BCUT2D eigenvalue weighted by molar-refractivity contribution is -0.134. The maximum atomic E-state index is 13.7. The highest BCUT2D eigenvalue weighted by Crippen LogP contribution is 2.23. The SMILES string of the molecule is CC(C)C[C@@H]1NC(=O)[C@@H](N)CCCCCC(=O)C[C@@H](C(=O)N[C@@H](CCCN=C(N)N)C(=O)c2nc3ccccc3s2)NC1=O. The van der Waals surface area contributed by atoms with Crippen molar-refractivity contribution in [3.63, 3.8) is 0 Å². The van der Waals surface area contributed by atoms with E-state index in [-0.39, 0.29) is 48.5 Å². The second-order valence-corrected chi connectivity index (χ2v) is 12.6. The summed E-state index contributed by atoms with van der Waals surface area (Å²) in [5.74, 6) is -2.39. The maximum Gasteiger partial charge on any atom is 0.243 e. The van der Waals surface area contributed by atoms with E-state index in [1.165, 1.54) is 11.3 Å². The quantitative estimate of drug-likeness (QED) is 0.0963. The zero-order valence-electron chi connectivity index (χ0n) is 25.3. The average molecular weight is 629 g/mol. The molecule has 1 saturated heterocycles. The molecule has 0 saturated carbocycles. The number of rotatable bonds is 10. The first-order chi connectivity index (χ1) is 20.9. The molecular weight excluding hydrogens is 584 g/mol. The number of hydrogen-bond donors (Lipinski definition) is 6. The van der Waals surface area contributed by atoms with Crippen LogP contribution < -0.4 is 33.2 Å². The predicted molar refractivity (Wildman–Crippen MR) is 170 cm³/mol. The Balaban J connectivity index is 1.86. The number of nitrogens with one attached hydrogen (secondary N) is 3. The van der Waals surface area contributed by atoms with Gasteiger partial charge in [-0.1, -0.05) is 38.8 Å². The number of thiazole rings is 1. The van der Waals surface area contributed by atoms with Crippen LogP contribution in [0.25, 0.3) is 10.2 Å². The van der Waals surface area contributed by atoms with Crippen molar-refractivity contribution < 1.29 is 24.0 Å². The van der Waals surface area contributed by atoms with Gasteiger partial charge in [0.15, 0.2) is 11.0 Å². The van der Waals surface area contributed by atoms with Gasteiger partial charge in [0, 0.05) is 19.4 Å². The lowest BCUT2D eigenvalue weighted by Gasteiger charge is -2.26. The molecule has 2 aromatic rings. The summed E-state index contributed by atoms with van der Waals surface area (Å²) >= 11 is 1.21. The number of hydrogen-bond acceptors (Lipinski definition) is 9. The van der Waals surface area contributed by atoms with E-state index in [1.54, 1.807) is 6.07 Å². The third kappa shape index (κ3) is 10.7. The van der Waals surface area contributed by atoms with E-state index < -0.39 is 47.7 Å². The van der Waals surface area contributed by atoms with Crippen LogP contribution in [0, 0.1) is 5.92 Å². The van der Waals surface area contributed by atoms with Crippen molar-refractivity contribution in [2.24, 2.45) is 28.1 Å². The summed E-state index contributed by atoms with van der Waals surface area (Å²) in [5.41, 5.74) is 17.6. The fourth-order valence-electron chi connectivity index (χ4n) is 4.96. The van der Waals surface area contributed by atoms with Gasteiger partial charge in [-0.25, -0.2) is 4.98 Å². The Labute approximate surface area is 261 Å². The summed E-state index contributed by atoms with van der Waals surface area (Å²) in [7, 11) is 0. The Kier molecular flexibility index (Phi) is 13.2. The molecule has 0 spiro atoms. The molecule has 1 aromatic heterocycles. The molecule has 44 heavy (non-hydrogen) atoms. The Bertz CT molecular complexity index is 1320. The van der Waals surface area contributed by atoms with Crippen molar-refractivity contribution in [1.82, 2.24) is 20.9 Å². The summed E-state index contributed by atoms with van der Waals surface area (Å²) in [6, 6.07) is 3.29. The highest BCUT2D eigenvalue weighted by molar-refractivity contribution is 7.20. The van der Waals surface area contributed by atoms with Gasteiger partial charge < -0.3 is 33.2 Å². The molecule has 1 aliphatic rings. The van der Waals surface area contributed by atoms with Gasteiger partial charge in [-0.15, -0.1) is 11.3 Å².